The standard InChI is InChI=1S/C15H17ClF4N4O2S/c1-2-23(13(25)3-4-27-9-15(18,19)20)12-8-24(21-14(12)16)11-5-10(17)6-22(26)7-11/h5-6,8,26H,2-4,7,9H2,1H3. The molecule has 1 aliphatic heterocycles. The molecule has 12 heteroatoms. The maximum Gasteiger partial charge on any atom is 0.397 e. The van der Waals surface area contributed by atoms with Crippen LogP contribution in [-0.4, -0.2) is 56.7 Å². The van der Waals surface area contributed by atoms with E-state index >= 15 is 0 Å². The lowest BCUT2D eigenvalue weighted by Gasteiger charge is -2.20. The minimum absolute atomic E-state index is 0.0151. The van der Waals surface area contributed by atoms with Crippen molar-refractivity contribution in [1.29, 1.82) is 0 Å². The van der Waals surface area contributed by atoms with Crippen LogP contribution in [0, 0.1) is 0 Å². The monoisotopic (exact) mass is 428 g/mol. The average Bonchev–Trinajstić information content (AvgIpc) is 2.92. The highest BCUT2D eigenvalue weighted by atomic mass is 35.5. The van der Waals surface area contributed by atoms with Gasteiger partial charge in [-0.2, -0.15) is 30.0 Å². The van der Waals surface area contributed by atoms with Gasteiger partial charge >= 0.3 is 6.18 Å². The molecule has 0 aromatic carbocycles. The van der Waals surface area contributed by atoms with E-state index in [4.69, 9.17) is 11.6 Å². The Morgan fingerprint density at radius 2 is 2.19 bits per heavy atom. The molecule has 0 atom stereocenters. The molecule has 1 aromatic heterocycles. The van der Waals surface area contributed by atoms with Gasteiger partial charge in [-0.25, -0.2) is 9.07 Å². The Kier molecular flexibility index (Phi) is 7.18. The lowest BCUT2D eigenvalue weighted by atomic mass is 10.3. The summed E-state index contributed by atoms with van der Waals surface area (Å²) >= 11 is 6.71. The minimum atomic E-state index is -4.28. The molecule has 0 radical (unpaired) electrons. The third-order valence-electron chi connectivity index (χ3n) is 3.48. The van der Waals surface area contributed by atoms with Gasteiger partial charge in [-0.3, -0.25) is 15.1 Å². The van der Waals surface area contributed by atoms with Crippen molar-refractivity contribution < 1.29 is 27.6 Å². The van der Waals surface area contributed by atoms with Gasteiger partial charge in [0, 0.05) is 18.7 Å². The van der Waals surface area contributed by atoms with Crippen molar-refractivity contribution in [3.05, 3.63) is 29.5 Å². The zero-order valence-corrected chi connectivity index (χ0v) is 15.8. The Labute approximate surface area is 162 Å². The number of amides is 1. The lowest BCUT2D eigenvalue weighted by molar-refractivity contribution is -0.118. The van der Waals surface area contributed by atoms with Crippen molar-refractivity contribution in [3.8, 4) is 0 Å². The molecule has 27 heavy (non-hydrogen) atoms. The van der Waals surface area contributed by atoms with Crippen LogP contribution < -0.4 is 4.90 Å². The Hall–Kier alpha value is -1.72. The molecule has 0 aliphatic carbocycles. The van der Waals surface area contributed by atoms with E-state index in [0.29, 0.717) is 16.8 Å². The van der Waals surface area contributed by atoms with Crippen LogP contribution in [0.5, 0.6) is 0 Å². The fourth-order valence-corrected chi connectivity index (χ4v) is 3.30. The number of thioether (sulfide) groups is 1. The van der Waals surface area contributed by atoms with E-state index in [2.05, 4.69) is 5.10 Å². The summed E-state index contributed by atoms with van der Waals surface area (Å²) in [6.45, 7) is 1.87. The van der Waals surface area contributed by atoms with Gasteiger partial charge in [-0.05, 0) is 13.0 Å². The molecule has 2 heterocycles. The van der Waals surface area contributed by atoms with Crippen molar-refractivity contribution in [2.75, 3.05) is 29.5 Å². The normalized spacial score (nSPS) is 14.9. The second-order valence-corrected chi connectivity index (χ2v) is 7.02. The van der Waals surface area contributed by atoms with Crippen molar-refractivity contribution >= 4 is 40.7 Å². The van der Waals surface area contributed by atoms with Crippen LogP contribution in [0.3, 0.4) is 0 Å². The summed E-state index contributed by atoms with van der Waals surface area (Å²) in [5.41, 5.74) is 0.542. The van der Waals surface area contributed by atoms with E-state index in [1.54, 1.807) is 6.92 Å². The van der Waals surface area contributed by atoms with Gasteiger partial charge in [0.25, 0.3) is 0 Å². The number of hydroxylamine groups is 2. The molecule has 150 valence electrons. The molecule has 2 rings (SSSR count). The van der Waals surface area contributed by atoms with Crippen LogP contribution in [0.2, 0.25) is 5.15 Å². The number of nitrogens with zero attached hydrogens (tertiary/aromatic N) is 4. The first-order valence-corrected chi connectivity index (χ1v) is 9.37. The highest BCUT2D eigenvalue weighted by Crippen LogP contribution is 2.28. The van der Waals surface area contributed by atoms with Crippen LogP contribution in [0.15, 0.2) is 24.3 Å². The van der Waals surface area contributed by atoms with Crippen LogP contribution >= 0.6 is 23.4 Å². The summed E-state index contributed by atoms with van der Waals surface area (Å²) in [5, 5.41) is 14.1. The van der Waals surface area contributed by atoms with Gasteiger partial charge in [0.15, 0.2) is 5.15 Å². The number of allylic oxidation sites excluding steroid dienone is 2. The highest BCUT2D eigenvalue weighted by molar-refractivity contribution is 7.99. The first kappa shape index (κ1) is 21.6. The van der Waals surface area contributed by atoms with Gasteiger partial charge in [0.1, 0.15) is 11.5 Å². The summed E-state index contributed by atoms with van der Waals surface area (Å²) < 4.78 is 51.2. The number of carbonyl (C=O) groups excluding carboxylic acids is 1. The molecule has 0 saturated heterocycles. The zero-order valence-electron chi connectivity index (χ0n) is 14.2. The van der Waals surface area contributed by atoms with E-state index in [-0.39, 0.29) is 41.8 Å². The zero-order chi connectivity index (χ0) is 20.2. The molecule has 1 N–H and O–H groups in total. The maximum absolute atomic E-state index is 13.4. The first-order chi connectivity index (χ1) is 12.6. The van der Waals surface area contributed by atoms with E-state index in [9.17, 15) is 27.6 Å². The van der Waals surface area contributed by atoms with Crippen LogP contribution in [0.4, 0.5) is 23.2 Å². The molecule has 0 unspecified atom stereocenters. The number of aromatic nitrogens is 2. The number of alkyl halides is 3. The van der Waals surface area contributed by atoms with E-state index in [1.807, 2.05) is 0 Å². The van der Waals surface area contributed by atoms with Gasteiger partial charge in [0.05, 0.1) is 30.4 Å². The first-order valence-electron chi connectivity index (χ1n) is 7.84. The van der Waals surface area contributed by atoms with E-state index in [1.165, 1.54) is 15.8 Å². The summed E-state index contributed by atoms with van der Waals surface area (Å²) in [6.07, 6.45) is -0.909. The predicted octanol–water partition coefficient (Wildman–Crippen LogP) is 3.93. The second kappa shape index (κ2) is 8.98. The SMILES string of the molecule is CCN(C(=O)CCSCC(F)(F)F)c1cn(C2=CC(F)=CN(O)C2)nc1Cl. The number of hydrogen-bond acceptors (Lipinski definition) is 5. The Morgan fingerprint density at radius 1 is 1.48 bits per heavy atom. The third kappa shape index (κ3) is 6.15. The van der Waals surface area contributed by atoms with Crippen molar-refractivity contribution in [1.82, 2.24) is 14.8 Å². The smallest absolute Gasteiger partial charge is 0.308 e. The Balaban J connectivity index is 2.08. The van der Waals surface area contributed by atoms with Crippen molar-refractivity contribution in [3.63, 3.8) is 0 Å². The largest absolute Gasteiger partial charge is 0.397 e. The minimum Gasteiger partial charge on any atom is -0.308 e. The summed E-state index contributed by atoms with van der Waals surface area (Å²) in [5.74, 6) is -2.09. The second-order valence-electron chi connectivity index (χ2n) is 5.55. The quantitative estimate of drug-likeness (QED) is 0.526. The molecule has 1 amide bonds. The van der Waals surface area contributed by atoms with E-state index in [0.717, 1.165) is 12.3 Å². The number of halogens is 5. The topological polar surface area (TPSA) is 61.6 Å². The van der Waals surface area contributed by atoms with Crippen molar-refractivity contribution in [2.24, 2.45) is 0 Å². The van der Waals surface area contributed by atoms with E-state index < -0.39 is 23.7 Å². The van der Waals surface area contributed by atoms with Gasteiger partial charge in [-0.15, -0.1) is 0 Å². The molecule has 0 bridgehead atoms. The Bertz CT molecular complexity index is 751. The molecule has 1 aliphatic rings. The highest BCUT2D eigenvalue weighted by Gasteiger charge is 2.27. The molecule has 0 saturated carbocycles. The fraction of sp³-hybridized carbons (Fsp3) is 0.467. The van der Waals surface area contributed by atoms with Crippen LogP contribution in [0.1, 0.15) is 13.3 Å². The summed E-state index contributed by atoms with van der Waals surface area (Å²) in [4.78, 5) is 13.6. The molecule has 0 spiro atoms. The molecule has 0 fully saturated rings. The third-order valence-corrected chi connectivity index (χ3v) is 4.77. The molecule has 6 nitrogen and oxygen atoms in total. The average molecular weight is 429 g/mol. The lowest BCUT2D eigenvalue weighted by Crippen LogP contribution is -2.31. The number of carbonyl (C=O) groups is 1. The number of hydrogen-bond donors (Lipinski definition) is 1. The fourth-order valence-electron chi connectivity index (χ4n) is 2.37. The van der Waals surface area contributed by atoms with Crippen molar-refractivity contribution in [2.45, 2.75) is 19.5 Å². The Morgan fingerprint density at radius 3 is 2.78 bits per heavy atom. The summed E-state index contributed by atoms with van der Waals surface area (Å²) in [6, 6.07) is 0. The summed E-state index contributed by atoms with van der Waals surface area (Å²) in [7, 11) is 0. The molecular formula is C15H17ClF4N4O2S. The number of rotatable bonds is 7. The van der Waals surface area contributed by atoms with Gasteiger partial charge in [0.2, 0.25) is 5.91 Å². The van der Waals surface area contributed by atoms with Crippen LogP contribution in [0.25, 0.3) is 5.70 Å². The maximum atomic E-state index is 13.4. The van der Waals surface area contributed by atoms with Gasteiger partial charge in [-0.1, -0.05) is 11.6 Å². The molecule has 1 aromatic rings. The molecular weight excluding hydrogens is 412 g/mol. The van der Waals surface area contributed by atoms with Gasteiger partial charge < -0.3 is 4.90 Å². The van der Waals surface area contributed by atoms with Crippen LogP contribution in [-0.2, 0) is 4.79 Å². The predicted molar refractivity (Wildman–Crippen MR) is 95.2 cm³/mol. The number of anilines is 1.